The minimum atomic E-state index is -3.53. The second-order valence-electron chi connectivity index (χ2n) is 6.12. The molecule has 2 aromatic rings. The van der Waals surface area contributed by atoms with E-state index in [2.05, 4.69) is 14.9 Å². The summed E-state index contributed by atoms with van der Waals surface area (Å²) in [7, 11) is -3.53. The van der Waals surface area contributed by atoms with Gasteiger partial charge in [0, 0.05) is 36.6 Å². The molecule has 0 bridgehead atoms. The van der Waals surface area contributed by atoms with E-state index in [0.29, 0.717) is 38.4 Å². The molecule has 2 heterocycles. The lowest BCUT2D eigenvalue weighted by atomic mass is 10.2. The highest BCUT2D eigenvalue weighted by Crippen LogP contribution is 2.21. The molecule has 1 fully saturated rings. The zero-order chi connectivity index (χ0) is 19.1. The van der Waals surface area contributed by atoms with Crippen molar-refractivity contribution < 1.29 is 17.9 Å². The van der Waals surface area contributed by atoms with Crippen LogP contribution in [0, 0.1) is 0 Å². The normalized spacial score (nSPS) is 15.6. The highest BCUT2D eigenvalue weighted by molar-refractivity contribution is 7.91. The summed E-state index contributed by atoms with van der Waals surface area (Å²) >= 11 is 1.16. The first-order valence-corrected chi connectivity index (χ1v) is 11.1. The second-order valence-corrected chi connectivity index (χ2v) is 9.28. The van der Waals surface area contributed by atoms with Gasteiger partial charge < -0.3 is 10.1 Å². The van der Waals surface area contributed by atoms with E-state index in [-0.39, 0.29) is 10.1 Å². The van der Waals surface area contributed by atoms with Crippen LogP contribution in [0.1, 0.15) is 15.2 Å². The number of benzene rings is 1. The van der Waals surface area contributed by atoms with Gasteiger partial charge in [0.25, 0.3) is 5.91 Å². The van der Waals surface area contributed by atoms with Gasteiger partial charge in [-0.25, -0.2) is 13.1 Å². The maximum atomic E-state index is 12.4. The molecule has 0 radical (unpaired) electrons. The Bertz CT molecular complexity index is 847. The summed E-state index contributed by atoms with van der Waals surface area (Å²) < 4.78 is 33.0. The highest BCUT2D eigenvalue weighted by Gasteiger charge is 2.18. The minimum absolute atomic E-state index is 0.183. The largest absolute Gasteiger partial charge is 0.379 e. The molecule has 7 nitrogen and oxygen atoms in total. The first-order valence-electron chi connectivity index (χ1n) is 8.76. The van der Waals surface area contributed by atoms with E-state index in [9.17, 15) is 13.2 Å². The minimum Gasteiger partial charge on any atom is -0.379 e. The summed E-state index contributed by atoms with van der Waals surface area (Å²) in [5.41, 5.74) is 0.576. The van der Waals surface area contributed by atoms with Crippen LogP contribution in [0.25, 0.3) is 0 Å². The molecule has 1 aliphatic rings. The lowest BCUT2D eigenvalue weighted by Gasteiger charge is -2.26. The molecule has 0 unspecified atom stereocenters. The molecule has 1 aliphatic heterocycles. The van der Waals surface area contributed by atoms with E-state index >= 15 is 0 Å². The van der Waals surface area contributed by atoms with Crippen molar-refractivity contribution in [2.45, 2.75) is 10.8 Å². The number of ether oxygens (including phenoxy) is 1. The average molecular weight is 410 g/mol. The van der Waals surface area contributed by atoms with Crippen LogP contribution in [-0.2, 0) is 21.3 Å². The number of hydrogen-bond donors (Lipinski definition) is 2. The molecule has 0 saturated carbocycles. The number of carbonyl (C=O) groups is 1. The van der Waals surface area contributed by atoms with E-state index in [4.69, 9.17) is 4.74 Å². The number of sulfonamides is 1. The fourth-order valence-electron chi connectivity index (χ4n) is 2.69. The molecule has 3 rings (SSSR count). The van der Waals surface area contributed by atoms with Crippen molar-refractivity contribution in [1.29, 1.82) is 0 Å². The highest BCUT2D eigenvalue weighted by atomic mass is 32.2. The Hall–Kier alpha value is -1.78. The molecule has 0 atom stereocenters. The summed E-state index contributed by atoms with van der Waals surface area (Å²) in [5, 5.41) is 2.80. The number of nitrogens with one attached hydrogen (secondary N) is 2. The Labute approximate surface area is 163 Å². The van der Waals surface area contributed by atoms with E-state index in [1.165, 1.54) is 0 Å². The summed E-state index contributed by atoms with van der Waals surface area (Å²) in [6.07, 6.45) is 0. The van der Waals surface area contributed by atoms with Gasteiger partial charge in [-0.1, -0.05) is 18.2 Å². The van der Waals surface area contributed by atoms with Gasteiger partial charge in [-0.3, -0.25) is 9.69 Å². The van der Waals surface area contributed by atoms with Crippen LogP contribution in [0.2, 0.25) is 0 Å². The fraction of sp³-hybridized carbons (Fsp3) is 0.389. The molecule has 1 saturated heterocycles. The van der Waals surface area contributed by atoms with Gasteiger partial charge in [-0.2, -0.15) is 0 Å². The predicted molar refractivity (Wildman–Crippen MR) is 104 cm³/mol. The molecule has 27 heavy (non-hydrogen) atoms. The van der Waals surface area contributed by atoms with Gasteiger partial charge in [0.2, 0.25) is 10.0 Å². The van der Waals surface area contributed by atoms with Crippen LogP contribution in [0.5, 0.6) is 0 Å². The molecule has 1 aromatic heterocycles. The summed E-state index contributed by atoms with van der Waals surface area (Å²) in [5.74, 6) is -0.183. The molecule has 9 heteroatoms. The molecular weight excluding hydrogens is 386 g/mol. The number of morpholine rings is 1. The maximum Gasteiger partial charge on any atom is 0.251 e. The smallest absolute Gasteiger partial charge is 0.251 e. The lowest BCUT2D eigenvalue weighted by molar-refractivity contribution is 0.0390. The van der Waals surface area contributed by atoms with Gasteiger partial charge in [0.05, 0.1) is 19.8 Å². The first kappa shape index (κ1) is 20.0. The third-order valence-electron chi connectivity index (χ3n) is 4.18. The van der Waals surface area contributed by atoms with Crippen molar-refractivity contribution in [3.63, 3.8) is 0 Å². The average Bonchev–Trinajstić information content (AvgIpc) is 3.18. The van der Waals surface area contributed by atoms with Crippen molar-refractivity contribution in [3.8, 4) is 0 Å². The number of carbonyl (C=O) groups excluding carboxylic acids is 1. The third kappa shape index (κ3) is 5.85. The Morgan fingerprint density at radius 1 is 1.11 bits per heavy atom. The van der Waals surface area contributed by atoms with Gasteiger partial charge >= 0.3 is 0 Å². The van der Waals surface area contributed by atoms with Crippen molar-refractivity contribution in [2.24, 2.45) is 0 Å². The lowest BCUT2D eigenvalue weighted by Crippen LogP contribution is -2.41. The summed E-state index contributed by atoms with van der Waals surface area (Å²) in [6, 6.07) is 12.2. The van der Waals surface area contributed by atoms with E-state index in [0.717, 1.165) is 29.3 Å². The Morgan fingerprint density at radius 2 is 1.85 bits per heavy atom. The number of rotatable bonds is 8. The second kappa shape index (κ2) is 9.43. The molecule has 1 amide bonds. The quantitative estimate of drug-likeness (QED) is 0.686. The molecule has 0 spiro atoms. The van der Waals surface area contributed by atoms with Crippen molar-refractivity contribution >= 4 is 27.3 Å². The standard InChI is InChI=1S/C18H23N3O4S2/c22-18(15-4-2-1-3-5-15)19-14-16-6-7-17(26-16)27(23,24)20-8-9-21-10-12-25-13-11-21/h1-7,20H,8-14H2,(H,19,22). The third-order valence-corrected chi connectivity index (χ3v) is 7.22. The van der Waals surface area contributed by atoms with Gasteiger partial charge in [0.1, 0.15) is 4.21 Å². The molecule has 146 valence electrons. The van der Waals surface area contributed by atoms with E-state index in [1.807, 2.05) is 6.07 Å². The van der Waals surface area contributed by atoms with E-state index in [1.54, 1.807) is 36.4 Å². The maximum absolute atomic E-state index is 12.4. The number of nitrogens with zero attached hydrogens (tertiary/aromatic N) is 1. The van der Waals surface area contributed by atoms with E-state index < -0.39 is 10.0 Å². The molecule has 0 aliphatic carbocycles. The van der Waals surface area contributed by atoms with Gasteiger partial charge in [-0.05, 0) is 24.3 Å². The topological polar surface area (TPSA) is 87.7 Å². The predicted octanol–water partition coefficient (Wildman–Crippen LogP) is 1.29. The van der Waals surface area contributed by atoms with Crippen molar-refractivity contribution in [2.75, 3.05) is 39.4 Å². The Kier molecular flexibility index (Phi) is 6.97. The van der Waals surface area contributed by atoms with Crippen LogP contribution >= 0.6 is 11.3 Å². The Balaban J connectivity index is 1.49. The fourth-order valence-corrected chi connectivity index (χ4v) is 5.05. The summed E-state index contributed by atoms with van der Waals surface area (Å²) in [6.45, 7) is 4.35. The monoisotopic (exact) mass is 409 g/mol. The number of thiophene rings is 1. The van der Waals surface area contributed by atoms with Crippen molar-refractivity contribution in [1.82, 2.24) is 14.9 Å². The number of hydrogen-bond acceptors (Lipinski definition) is 6. The van der Waals surface area contributed by atoms with Crippen molar-refractivity contribution in [3.05, 3.63) is 52.9 Å². The van der Waals surface area contributed by atoms with Gasteiger partial charge in [0.15, 0.2) is 0 Å². The number of amides is 1. The van der Waals surface area contributed by atoms with Crippen LogP contribution in [0.15, 0.2) is 46.7 Å². The molecule has 2 N–H and O–H groups in total. The molecular formula is C18H23N3O4S2. The zero-order valence-corrected chi connectivity index (χ0v) is 16.5. The van der Waals surface area contributed by atoms with Crippen LogP contribution in [0.4, 0.5) is 0 Å². The van der Waals surface area contributed by atoms with Crippen LogP contribution in [-0.4, -0.2) is 58.6 Å². The zero-order valence-electron chi connectivity index (χ0n) is 14.9. The summed E-state index contributed by atoms with van der Waals surface area (Å²) in [4.78, 5) is 15.0. The van der Waals surface area contributed by atoms with Crippen LogP contribution < -0.4 is 10.0 Å². The van der Waals surface area contributed by atoms with Crippen LogP contribution in [0.3, 0.4) is 0 Å². The van der Waals surface area contributed by atoms with Gasteiger partial charge in [-0.15, -0.1) is 11.3 Å². The molecule has 1 aromatic carbocycles. The SMILES string of the molecule is O=C(NCc1ccc(S(=O)(=O)NCCN2CCOCC2)s1)c1ccccc1. The first-order chi connectivity index (χ1) is 13.0. The Morgan fingerprint density at radius 3 is 2.59 bits per heavy atom.